The van der Waals surface area contributed by atoms with Gasteiger partial charge in [0.15, 0.2) is 5.65 Å². The van der Waals surface area contributed by atoms with Crippen LogP contribution in [0, 0.1) is 0 Å². The Labute approximate surface area is 126 Å². The van der Waals surface area contributed by atoms with Crippen LogP contribution in [0.5, 0.6) is 0 Å². The lowest BCUT2D eigenvalue weighted by Crippen LogP contribution is -2.10. The van der Waals surface area contributed by atoms with Crippen molar-refractivity contribution in [3.63, 3.8) is 0 Å². The van der Waals surface area contributed by atoms with E-state index in [1.807, 2.05) is 23.7 Å². The fraction of sp³-hybridized carbons (Fsp3) is 0.357. The zero-order valence-corrected chi connectivity index (χ0v) is 12.7. The Balaban J connectivity index is 1.98. The summed E-state index contributed by atoms with van der Waals surface area (Å²) in [6.45, 7) is 3.01. The van der Waals surface area contributed by atoms with Crippen molar-refractivity contribution in [2.45, 2.75) is 25.8 Å². The van der Waals surface area contributed by atoms with Gasteiger partial charge < -0.3 is 4.57 Å². The van der Waals surface area contributed by atoms with Crippen LogP contribution in [0.4, 0.5) is 0 Å². The molecule has 3 heterocycles. The molecule has 0 aliphatic carbocycles. The topological polar surface area (TPSA) is 43.6 Å². The highest BCUT2D eigenvalue weighted by Gasteiger charge is 2.16. The Hall–Kier alpha value is -1.46. The molecule has 3 aromatic heterocycles. The van der Waals surface area contributed by atoms with Gasteiger partial charge in [-0.25, -0.2) is 15.0 Å². The molecule has 3 rings (SSSR count). The molecule has 0 aliphatic heterocycles. The number of fused-ring (bicyclic) bond motifs is 1. The smallest absolute Gasteiger partial charge is 0.160 e. The van der Waals surface area contributed by atoms with Gasteiger partial charge in [0.25, 0.3) is 0 Å². The Kier molecular flexibility index (Phi) is 3.98. The number of nitrogens with zero attached hydrogens (tertiary/aromatic N) is 4. The third-order valence-corrected chi connectivity index (χ3v) is 4.43. The molecule has 20 heavy (non-hydrogen) atoms. The second-order valence-electron chi connectivity index (χ2n) is 4.70. The highest BCUT2D eigenvalue weighted by Crippen LogP contribution is 2.23. The van der Waals surface area contributed by atoms with E-state index >= 15 is 0 Å². The number of rotatable bonds is 5. The summed E-state index contributed by atoms with van der Waals surface area (Å²) in [7, 11) is 0. The van der Waals surface area contributed by atoms with Crippen molar-refractivity contribution in [1.82, 2.24) is 19.5 Å². The van der Waals surface area contributed by atoms with Gasteiger partial charge in [-0.15, -0.1) is 22.9 Å². The molecular weight excluding hydrogens is 292 g/mol. The third-order valence-electron chi connectivity index (χ3n) is 3.23. The molecule has 0 aliphatic rings. The number of halogens is 1. The summed E-state index contributed by atoms with van der Waals surface area (Å²) in [6, 6.07) is 3.90. The number of pyridine rings is 1. The first-order valence-electron chi connectivity index (χ1n) is 6.55. The van der Waals surface area contributed by atoms with Crippen LogP contribution in [-0.2, 0) is 13.0 Å². The zero-order chi connectivity index (χ0) is 13.9. The molecular formula is C14H15ClN4S. The van der Waals surface area contributed by atoms with Crippen LogP contribution in [0.1, 0.15) is 23.7 Å². The maximum Gasteiger partial charge on any atom is 0.160 e. The molecule has 0 saturated carbocycles. The normalized spacial score (nSPS) is 12.9. The minimum Gasteiger partial charge on any atom is -0.312 e. The monoisotopic (exact) mass is 306 g/mol. The van der Waals surface area contributed by atoms with Crippen molar-refractivity contribution in [2.75, 3.05) is 5.88 Å². The van der Waals surface area contributed by atoms with Crippen molar-refractivity contribution in [1.29, 1.82) is 0 Å². The Morgan fingerprint density at radius 2 is 2.25 bits per heavy atom. The Morgan fingerprint density at radius 3 is 3.00 bits per heavy atom. The van der Waals surface area contributed by atoms with E-state index in [0.717, 1.165) is 35.0 Å². The minimum atomic E-state index is 0.337. The lowest BCUT2D eigenvalue weighted by atomic mass is 10.2. The average Bonchev–Trinajstić information content (AvgIpc) is 3.08. The van der Waals surface area contributed by atoms with Gasteiger partial charge in [0, 0.05) is 42.5 Å². The molecule has 0 bridgehead atoms. The van der Waals surface area contributed by atoms with Gasteiger partial charge in [0.05, 0.1) is 5.01 Å². The molecule has 104 valence electrons. The molecule has 6 heteroatoms. The number of alkyl halides is 1. The lowest BCUT2D eigenvalue weighted by Gasteiger charge is -2.12. The van der Waals surface area contributed by atoms with Gasteiger partial charge in [-0.2, -0.15) is 0 Å². The van der Waals surface area contributed by atoms with Gasteiger partial charge in [0.1, 0.15) is 11.3 Å². The van der Waals surface area contributed by atoms with Crippen LogP contribution < -0.4 is 0 Å². The van der Waals surface area contributed by atoms with Crippen molar-refractivity contribution in [3.05, 3.63) is 40.7 Å². The van der Waals surface area contributed by atoms with Gasteiger partial charge in [-0.05, 0) is 12.1 Å². The third kappa shape index (κ3) is 2.55. The molecule has 1 atom stereocenters. The minimum absolute atomic E-state index is 0.337. The van der Waals surface area contributed by atoms with E-state index in [-0.39, 0.29) is 0 Å². The average molecular weight is 307 g/mol. The van der Waals surface area contributed by atoms with Crippen molar-refractivity contribution < 1.29 is 0 Å². The largest absolute Gasteiger partial charge is 0.312 e. The number of hydrogen-bond acceptors (Lipinski definition) is 4. The van der Waals surface area contributed by atoms with Crippen LogP contribution in [0.25, 0.3) is 11.2 Å². The molecule has 0 amide bonds. The summed E-state index contributed by atoms with van der Waals surface area (Å²) < 4.78 is 2.17. The van der Waals surface area contributed by atoms with Gasteiger partial charge >= 0.3 is 0 Å². The standard InChI is InChI=1S/C14H15ClN4S/c1-10(14-17-7-8-20-14)9-19-12(4-5-15)18-11-3-2-6-16-13(11)19/h2-3,6-8,10H,4-5,9H2,1H3. The van der Waals surface area contributed by atoms with E-state index in [1.165, 1.54) is 0 Å². The predicted molar refractivity (Wildman–Crippen MR) is 82.5 cm³/mol. The number of aromatic nitrogens is 4. The highest BCUT2D eigenvalue weighted by molar-refractivity contribution is 7.09. The predicted octanol–water partition coefficient (Wildman–Crippen LogP) is 3.47. The molecule has 0 saturated heterocycles. The Morgan fingerprint density at radius 1 is 1.35 bits per heavy atom. The van der Waals surface area contributed by atoms with E-state index in [2.05, 4.69) is 26.4 Å². The van der Waals surface area contributed by atoms with Gasteiger partial charge in [-0.1, -0.05) is 6.92 Å². The number of imidazole rings is 1. The molecule has 4 nitrogen and oxygen atoms in total. The lowest BCUT2D eigenvalue weighted by molar-refractivity contribution is 0.583. The number of aryl methyl sites for hydroxylation is 1. The van der Waals surface area contributed by atoms with Gasteiger partial charge in [-0.3, -0.25) is 0 Å². The number of thiazole rings is 1. The first kappa shape index (κ1) is 13.5. The van der Waals surface area contributed by atoms with Crippen LogP contribution >= 0.6 is 22.9 Å². The maximum absolute atomic E-state index is 5.89. The first-order chi connectivity index (χ1) is 9.79. The van der Waals surface area contributed by atoms with E-state index in [1.54, 1.807) is 17.5 Å². The van der Waals surface area contributed by atoms with Crippen molar-refractivity contribution in [3.8, 4) is 0 Å². The second kappa shape index (κ2) is 5.89. The summed E-state index contributed by atoms with van der Waals surface area (Å²) in [5.41, 5.74) is 1.86. The van der Waals surface area contributed by atoms with Crippen molar-refractivity contribution in [2.24, 2.45) is 0 Å². The maximum atomic E-state index is 5.89. The van der Waals surface area contributed by atoms with Gasteiger partial charge in [0.2, 0.25) is 0 Å². The van der Waals surface area contributed by atoms with E-state index in [4.69, 9.17) is 11.6 Å². The molecule has 0 spiro atoms. The first-order valence-corrected chi connectivity index (χ1v) is 7.96. The molecule has 3 aromatic rings. The zero-order valence-electron chi connectivity index (χ0n) is 11.2. The second-order valence-corrected chi connectivity index (χ2v) is 6.00. The summed E-state index contributed by atoms with van der Waals surface area (Å²) >= 11 is 7.57. The number of hydrogen-bond donors (Lipinski definition) is 0. The fourth-order valence-electron chi connectivity index (χ4n) is 2.30. The van der Waals surface area contributed by atoms with Crippen LogP contribution in [0.15, 0.2) is 29.9 Å². The van der Waals surface area contributed by atoms with Crippen LogP contribution in [0.2, 0.25) is 0 Å². The highest BCUT2D eigenvalue weighted by atomic mass is 35.5. The summed E-state index contributed by atoms with van der Waals surface area (Å²) in [5, 5.41) is 3.15. The molecule has 0 aromatic carbocycles. The summed E-state index contributed by atoms with van der Waals surface area (Å²) in [4.78, 5) is 13.5. The molecule has 0 N–H and O–H groups in total. The SMILES string of the molecule is CC(Cn1c(CCCl)nc2cccnc21)c1nccs1. The van der Waals surface area contributed by atoms with E-state index in [0.29, 0.717) is 11.8 Å². The molecule has 1 unspecified atom stereocenters. The fourth-order valence-corrected chi connectivity index (χ4v) is 3.16. The quantitative estimate of drug-likeness (QED) is 0.678. The Bertz CT molecular complexity index is 692. The molecule has 0 radical (unpaired) electrons. The van der Waals surface area contributed by atoms with Crippen LogP contribution in [0.3, 0.4) is 0 Å². The van der Waals surface area contributed by atoms with E-state index < -0.39 is 0 Å². The molecule has 0 fully saturated rings. The summed E-state index contributed by atoms with van der Waals surface area (Å²) in [6.07, 6.45) is 4.40. The van der Waals surface area contributed by atoms with E-state index in [9.17, 15) is 0 Å². The summed E-state index contributed by atoms with van der Waals surface area (Å²) in [5.74, 6) is 1.90. The van der Waals surface area contributed by atoms with Crippen molar-refractivity contribution >= 4 is 34.1 Å². The van der Waals surface area contributed by atoms with Crippen LogP contribution in [-0.4, -0.2) is 25.4 Å².